The van der Waals surface area contributed by atoms with Gasteiger partial charge >= 0.3 is 12.1 Å². The summed E-state index contributed by atoms with van der Waals surface area (Å²) in [4.78, 5) is 27.6. The van der Waals surface area contributed by atoms with Gasteiger partial charge in [0.15, 0.2) is 0 Å². The first-order valence-corrected chi connectivity index (χ1v) is 10.8. The van der Waals surface area contributed by atoms with E-state index in [1.54, 1.807) is 12.1 Å². The van der Waals surface area contributed by atoms with Crippen LogP contribution < -0.4 is 20.1 Å². The number of carbonyl (C=O) groups excluding carboxylic acids is 2. The maximum absolute atomic E-state index is 13.2. The lowest BCUT2D eigenvalue weighted by atomic mass is 9.82. The number of anilines is 2. The summed E-state index contributed by atoms with van der Waals surface area (Å²) in [5, 5.41) is 0. The summed E-state index contributed by atoms with van der Waals surface area (Å²) >= 11 is 0. The quantitative estimate of drug-likeness (QED) is 0.793. The minimum Gasteiger partial charge on any atom is -0.486 e. The van der Waals surface area contributed by atoms with Crippen LogP contribution in [0.2, 0.25) is 0 Å². The molecule has 0 saturated carbocycles. The SMILES string of the molecule is CC1Oc2ccc(NS(C)(=O)=O)cc2N2C(=O)N(C(N)=O)CC12c1ccccc1. The third-order valence-electron chi connectivity index (χ3n) is 5.24. The molecule has 2 aliphatic heterocycles. The van der Waals surface area contributed by atoms with E-state index in [0.717, 1.165) is 16.7 Å². The number of hydrogen-bond donors (Lipinski definition) is 2. The van der Waals surface area contributed by atoms with E-state index in [4.69, 9.17) is 10.5 Å². The second kappa shape index (κ2) is 6.38. The standard InChI is InChI=1S/C19H20N4O5S/c1-12-19(13-6-4-3-5-7-13)11-22(17(20)24)18(25)23(19)15-10-14(21-29(2,26)27)8-9-16(15)28-12/h3-10,12,21H,11H2,1-2H3,(H2,20,24). The van der Waals surface area contributed by atoms with E-state index in [2.05, 4.69) is 4.72 Å². The van der Waals surface area contributed by atoms with Gasteiger partial charge < -0.3 is 10.5 Å². The lowest BCUT2D eigenvalue weighted by Crippen LogP contribution is -2.57. The van der Waals surface area contributed by atoms with Gasteiger partial charge in [-0.3, -0.25) is 9.62 Å². The van der Waals surface area contributed by atoms with Gasteiger partial charge in [-0.15, -0.1) is 0 Å². The number of rotatable bonds is 3. The maximum atomic E-state index is 13.2. The van der Waals surface area contributed by atoms with E-state index in [0.29, 0.717) is 11.4 Å². The van der Waals surface area contributed by atoms with Crippen LogP contribution in [-0.2, 0) is 15.6 Å². The highest BCUT2D eigenvalue weighted by Crippen LogP contribution is 2.51. The monoisotopic (exact) mass is 416 g/mol. The topological polar surface area (TPSA) is 122 Å². The van der Waals surface area contributed by atoms with Crippen molar-refractivity contribution in [3.63, 3.8) is 0 Å². The van der Waals surface area contributed by atoms with Gasteiger partial charge in [-0.1, -0.05) is 30.3 Å². The van der Waals surface area contributed by atoms with Crippen molar-refractivity contribution in [2.45, 2.75) is 18.6 Å². The average Bonchev–Trinajstić information content (AvgIpc) is 2.97. The number of fused-ring (bicyclic) bond motifs is 3. The Morgan fingerprint density at radius 3 is 2.55 bits per heavy atom. The summed E-state index contributed by atoms with van der Waals surface area (Å²) < 4.78 is 31.8. The zero-order valence-corrected chi connectivity index (χ0v) is 16.6. The predicted molar refractivity (Wildman–Crippen MR) is 107 cm³/mol. The number of nitrogens with two attached hydrogens (primary N) is 1. The molecule has 2 aromatic carbocycles. The summed E-state index contributed by atoms with van der Waals surface area (Å²) in [5.74, 6) is 0.405. The minimum atomic E-state index is -3.52. The average molecular weight is 416 g/mol. The number of benzene rings is 2. The summed E-state index contributed by atoms with van der Waals surface area (Å²) in [7, 11) is -3.52. The summed E-state index contributed by atoms with van der Waals surface area (Å²) in [6, 6.07) is 12.4. The third kappa shape index (κ3) is 2.96. The molecule has 4 rings (SSSR count). The largest absolute Gasteiger partial charge is 0.486 e. The highest BCUT2D eigenvalue weighted by Gasteiger charge is 2.60. The lowest BCUT2D eigenvalue weighted by Gasteiger charge is -2.46. The van der Waals surface area contributed by atoms with Crippen LogP contribution in [0.5, 0.6) is 5.75 Å². The molecule has 0 bridgehead atoms. The van der Waals surface area contributed by atoms with E-state index in [1.807, 2.05) is 37.3 Å². The number of primary amides is 1. The highest BCUT2D eigenvalue weighted by atomic mass is 32.2. The Hall–Kier alpha value is -3.27. The number of urea groups is 2. The van der Waals surface area contributed by atoms with Gasteiger partial charge in [0.2, 0.25) is 10.0 Å². The molecule has 1 saturated heterocycles. The molecule has 3 N–H and O–H groups in total. The van der Waals surface area contributed by atoms with E-state index in [-0.39, 0.29) is 12.2 Å². The highest BCUT2D eigenvalue weighted by molar-refractivity contribution is 7.92. The molecule has 0 aromatic heterocycles. The second-order valence-electron chi connectivity index (χ2n) is 7.15. The van der Waals surface area contributed by atoms with Crippen LogP contribution in [0.25, 0.3) is 0 Å². The van der Waals surface area contributed by atoms with Gasteiger partial charge in [-0.2, -0.15) is 0 Å². The zero-order chi connectivity index (χ0) is 21.0. The fourth-order valence-electron chi connectivity index (χ4n) is 4.01. The van der Waals surface area contributed by atoms with Crippen LogP contribution in [0.3, 0.4) is 0 Å². The molecule has 2 aliphatic rings. The van der Waals surface area contributed by atoms with E-state index >= 15 is 0 Å². The zero-order valence-electron chi connectivity index (χ0n) is 15.8. The molecular formula is C19H20N4O5S. The number of hydrogen-bond acceptors (Lipinski definition) is 5. The molecule has 2 heterocycles. The van der Waals surface area contributed by atoms with E-state index in [9.17, 15) is 18.0 Å². The Morgan fingerprint density at radius 2 is 1.93 bits per heavy atom. The van der Waals surface area contributed by atoms with Crippen molar-refractivity contribution in [3.05, 3.63) is 54.1 Å². The molecule has 152 valence electrons. The van der Waals surface area contributed by atoms with Gasteiger partial charge in [0, 0.05) is 0 Å². The predicted octanol–water partition coefficient (Wildman–Crippen LogP) is 2.06. The van der Waals surface area contributed by atoms with Gasteiger partial charge in [-0.25, -0.2) is 22.9 Å². The fraction of sp³-hybridized carbons (Fsp3) is 0.263. The molecule has 2 atom stereocenters. The first-order valence-electron chi connectivity index (χ1n) is 8.89. The van der Waals surface area contributed by atoms with E-state index in [1.165, 1.54) is 11.0 Å². The summed E-state index contributed by atoms with van der Waals surface area (Å²) in [5.41, 5.74) is 5.86. The van der Waals surface area contributed by atoms with Crippen molar-refractivity contribution in [2.24, 2.45) is 5.73 Å². The number of imide groups is 1. The number of ether oxygens (including phenoxy) is 1. The number of nitrogens with zero attached hydrogens (tertiary/aromatic N) is 2. The molecular weight excluding hydrogens is 396 g/mol. The molecule has 0 aliphatic carbocycles. The van der Waals surface area contributed by atoms with Crippen molar-refractivity contribution in [3.8, 4) is 5.75 Å². The van der Waals surface area contributed by atoms with Crippen molar-refractivity contribution in [2.75, 3.05) is 22.4 Å². The Labute approximate surface area is 168 Å². The normalized spacial score (nSPS) is 23.2. The van der Waals surface area contributed by atoms with Crippen LogP contribution in [0, 0.1) is 0 Å². The number of carbonyl (C=O) groups is 2. The summed E-state index contributed by atoms with van der Waals surface area (Å²) in [6.45, 7) is 1.83. The molecule has 2 aromatic rings. The molecule has 0 radical (unpaired) electrons. The Bertz CT molecular complexity index is 1100. The molecule has 1 fully saturated rings. The third-order valence-corrected chi connectivity index (χ3v) is 5.85. The maximum Gasteiger partial charge on any atom is 0.333 e. The van der Waals surface area contributed by atoms with Crippen molar-refractivity contribution >= 4 is 33.5 Å². The van der Waals surface area contributed by atoms with E-state index < -0.39 is 33.7 Å². The van der Waals surface area contributed by atoms with Crippen LogP contribution in [0.1, 0.15) is 12.5 Å². The van der Waals surface area contributed by atoms with Crippen molar-refractivity contribution in [1.82, 2.24) is 4.90 Å². The van der Waals surface area contributed by atoms with Crippen LogP contribution in [0.4, 0.5) is 21.0 Å². The van der Waals surface area contributed by atoms with Gasteiger partial charge in [0.1, 0.15) is 17.4 Å². The molecule has 2 unspecified atom stereocenters. The smallest absolute Gasteiger partial charge is 0.333 e. The van der Waals surface area contributed by atoms with Crippen molar-refractivity contribution < 1.29 is 22.7 Å². The van der Waals surface area contributed by atoms with Gasteiger partial charge in [-0.05, 0) is 30.7 Å². The fourth-order valence-corrected chi connectivity index (χ4v) is 4.57. The minimum absolute atomic E-state index is 0.00944. The number of amides is 4. The lowest BCUT2D eigenvalue weighted by molar-refractivity contribution is 0.112. The summed E-state index contributed by atoms with van der Waals surface area (Å²) in [6.07, 6.45) is 0.536. The second-order valence-corrected chi connectivity index (χ2v) is 8.90. The first-order chi connectivity index (χ1) is 13.6. The molecule has 0 spiro atoms. The van der Waals surface area contributed by atoms with Crippen LogP contribution in [-0.4, -0.2) is 44.3 Å². The first kappa shape index (κ1) is 19.1. The van der Waals surface area contributed by atoms with Crippen molar-refractivity contribution in [1.29, 1.82) is 0 Å². The van der Waals surface area contributed by atoms with Gasteiger partial charge in [0.05, 0.1) is 24.2 Å². The molecule has 29 heavy (non-hydrogen) atoms. The number of nitrogens with one attached hydrogen (secondary N) is 1. The molecule has 10 heteroatoms. The molecule has 4 amide bonds. The Kier molecular flexibility index (Phi) is 4.19. The van der Waals surface area contributed by atoms with Crippen LogP contribution in [0.15, 0.2) is 48.5 Å². The van der Waals surface area contributed by atoms with Gasteiger partial charge in [0.25, 0.3) is 0 Å². The Morgan fingerprint density at radius 1 is 1.24 bits per heavy atom. The number of sulfonamides is 1. The van der Waals surface area contributed by atoms with Crippen LogP contribution >= 0.6 is 0 Å². The molecule has 9 nitrogen and oxygen atoms in total. The Balaban J connectivity index is 1.93.